The average Bonchev–Trinajstić information content (AvgIpc) is 2.65. The lowest BCUT2D eigenvalue weighted by Crippen LogP contribution is -2.56. The first-order valence-electron chi connectivity index (χ1n) is 10.1. The number of benzene rings is 2. The standard InChI is InChI=1S/C23H29N3S/c1-17-10-12-18(13-11-17)16-26-21-8-5-9-22(26)15-20(14-21)25-23(27)24-19-6-3-2-4-7-19/h2-4,6-7,10-13,20-22H,5,8-9,14-16H2,1H3,(H2,24,25,27)/t21-,22-/m0/s1. The van der Waals surface area contributed by atoms with E-state index in [1.165, 1.54) is 43.2 Å². The van der Waals surface area contributed by atoms with Gasteiger partial charge in [-0.2, -0.15) is 0 Å². The molecule has 3 nitrogen and oxygen atoms in total. The molecule has 0 unspecified atom stereocenters. The van der Waals surface area contributed by atoms with Crippen LogP contribution >= 0.6 is 12.2 Å². The van der Waals surface area contributed by atoms with E-state index in [2.05, 4.69) is 46.7 Å². The lowest BCUT2D eigenvalue weighted by molar-refractivity contribution is 0.0212. The highest BCUT2D eigenvalue weighted by Crippen LogP contribution is 2.35. The first-order chi connectivity index (χ1) is 13.2. The lowest BCUT2D eigenvalue weighted by Gasteiger charge is -2.49. The molecule has 0 aliphatic carbocycles. The van der Waals surface area contributed by atoms with Crippen molar-refractivity contribution in [3.8, 4) is 0 Å². The molecule has 2 heterocycles. The Morgan fingerprint density at radius 1 is 1.00 bits per heavy atom. The quantitative estimate of drug-likeness (QED) is 0.742. The van der Waals surface area contributed by atoms with Crippen LogP contribution in [0, 0.1) is 6.92 Å². The van der Waals surface area contributed by atoms with E-state index in [9.17, 15) is 0 Å². The minimum Gasteiger partial charge on any atom is -0.360 e. The molecular weight excluding hydrogens is 350 g/mol. The van der Waals surface area contributed by atoms with Crippen molar-refractivity contribution in [1.29, 1.82) is 0 Å². The first-order valence-corrected chi connectivity index (χ1v) is 10.5. The maximum atomic E-state index is 5.56. The molecule has 2 fully saturated rings. The van der Waals surface area contributed by atoms with Gasteiger partial charge < -0.3 is 10.6 Å². The zero-order valence-corrected chi connectivity index (χ0v) is 16.8. The summed E-state index contributed by atoms with van der Waals surface area (Å²) in [5.74, 6) is 0. The second kappa shape index (κ2) is 8.41. The second-order valence-corrected chi connectivity index (χ2v) is 8.44. The highest BCUT2D eigenvalue weighted by molar-refractivity contribution is 7.80. The topological polar surface area (TPSA) is 27.3 Å². The number of hydrogen-bond acceptors (Lipinski definition) is 2. The third-order valence-corrected chi connectivity index (χ3v) is 6.20. The number of rotatable bonds is 4. The Balaban J connectivity index is 1.36. The van der Waals surface area contributed by atoms with E-state index in [0.717, 1.165) is 17.3 Å². The second-order valence-electron chi connectivity index (χ2n) is 8.03. The average molecular weight is 380 g/mol. The number of thiocarbonyl (C=S) groups is 1. The minimum atomic E-state index is 0.471. The van der Waals surface area contributed by atoms with Gasteiger partial charge in [0.25, 0.3) is 0 Å². The predicted octanol–water partition coefficient (Wildman–Crippen LogP) is 4.87. The number of nitrogens with zero attached hydrogens (tertiary/aromatic N) is 1. The molecule has 4 heteroatoms. The van der Waals surface area contributed by atoms with Crippen LogP contribution in [0.3, 0.4) is 0 Å². The Morgan fingerprint density at radius 3 is 2.33 bits per heavy atom. The number of hydrogen-bond donors (Lipinski definition) is 2. The van der Waals surface area contributed by atoms with Crippen molar-refractivity contribution in [2.24, 2.45) is 0 Å². The monoisotopic (exact) mass is 379 g/mol. The third-order valence-electron chi connectivity index (χ3n) is 5.98. The fourth-order valence-corrected chi connectivity index (χ4v) is 4.92. The van der Waals surface area contributed by atoms with E-state index in [0.29, 0.717) is 18.1 Å². The summed E-state index contributed by atoms with van der Waals surface area (Å²) in [6.07, 6.45) is 6.33. The van der Waals surface area contributed by atoms with Gasteiger partial charge in [-0.05, 0) is 62.5 Å². The summed E-state index contributed by atoms with van der Waals surface area (Å²) in [4.78, 5) is 2.75. The molecule has 0 aromatic heterocycles. The van der Waals surface area contributed by atoms with Gasteiger partial charge in [0.05, 0.1) is 0 Å². The number of nitrogens with one attached hydrogen (secondary N) is 2. The molecule has 2 aromatic rings. The van der Waals surface area contributed by atoms with E-state index >= 15 is 0 Å². The number of para-hydroxylation sites is 1. The Labute approximate surface area is 168 Å². The maximum absolute atomic E-state index is 5.56. The summed E-state index contributed by atoms with van der Waals surface area (Å²) in [7, 11) is 0. The first kappa shape index (κ1) is 18.5. The van der Waals surface area contributed by atoms with Gasteiger partial charge in [-0.25, -0.2) is 0 Å². The Morgan fingerprint density at radius 2 is 1.67 bits per heavy atom. The van der Waals surface area contributed by atoms with Gasteiger partial charge in [0.1, 0.15) is 0 Å². The fourth-order valence-electron chi connectivity index (χ4n) is 4.63. The Hall–Kier alpha value is -1.91. The summed E-state index contributed by atoms with van der Waals surface area (Å²) in [6, 6.07) is 21.0. The fraction of sp³-hybridized carbons (Fsp3) is 0.435. The van der Waals surface area contributed by atoms with E-state index in [4.69, 9.17) is 12.2 Å². The van der Waals surface area contributed by atoms with Crippen molar-refractivity contribution in [2.75, 3.05) is 5.32 Å². The van der Waals surface area contributed by atoms with E-state index in [1.807, 2.05) is 30.3 Å². The molecule has 0 saturated carbocycles. The normalized spacial score (nSPS) is 25.0. The summed E-state index contributed by atoms with van der Waals surface area (Å²) in [5.41, 5.74) is 3.82. The zero-order valence-electron chi connectivity index (χ0n) is 16.0. The van der Waals surface area contributed by atoms with Crippen LogP contribution in [0.15, 0.2) is 54.6 Å². The molecule has 2 saturated heterocycles. The van der Waals surface area contributed by atoms with Gasteiger partial charge in [0, 0.05) is 30.4 Å². The molecule has 0 amide bonds. The molecule has 2 atom stereocenters. The molecule has 2 aliphatic heterocycles. The molecule has 2 N–H and O–H groups in total. The largest absolute Gasteiger partial charge is 0.360 e. The maximum Gasteiger partial charge on any atom is 0.170 e. The Bertz CT molecular complexity index is 745. The lowest BCUT2D eigenvalue weighted by atomic mass is 9.81. The van der Waals surface area contributed by atoms with Crippen LogP contribution in [0.4, 0.5) is 5.69 Å². The van der Waals surface area contributed by atoms with Crippen molar-refractivity contribution in [3.63, 3.8) is 0 Å². The number of anilines is 1. The molecule has 4 rings (SSSR count). The number of piperidine rings is 2. The smallest absolute Gasteiger partial charge is 0.170 e. The summed E-state index contributed by atoms with van der Waals surface area (Å²) in [6.45, 7) is 3.23. The van der Waals surface area contributed by atoms with Crippen LogP contribution in [0.5, 0.6) is 0 Å². The Kier molecular flexibility index (Phi) is 5.74. The van der Waals surface area contributed by atoms with Crippen molar-refractivity contribution < 1.29 is 0 Å². The summed E-state index contributed by atoms with van der Waals surface area (Å²) in [5, 5.41) is 7.65. The predicted molar refractivity (Wildman–Crippen MR) is 117 cm³/mol. The molecular formula is C23H29N3S. The van der Waals surface area contributed by atoms with Gasteiger partial charge in [0.2, 0.25) is 0 Å². The molecule has 0 spiro atoms. The van der Waals surface area contributed by atoms with Crippen LogP contribution < -0.4 is 10.6 Å². The van der Waals surface area contributed by atoms with Gasteiger partial charge >= 0.3 is 0 Å². The van der Waals surface area contributed by atoms with E-state index in [1.54, 1.807) is 0 Å². The van der Waals surface area contributed by atoms with Crippen molar-refractivity contribution in [1.82, 2.24) is 10.2 Å². The molecule has 0 radical (unpaired) electrons. The highest BCUT2D eigenvalue weighted by Gasteiger charge is 2.38. The van der Waals surface area contributed by atoms with Gasteiger partial charge in [-0.1, -0.05) is 54.4 Å². The summed E-state index contributed by atoms with van der Waals surface area (Å²) < 4.78 is 0. The third kappa shape index (κ3) is 4.69. The van der Waals surface area contributed by atoms with Crippen molar-refractivity contribution in [2.45, 2.75) is 63.7 Å². The van der Waals surface area contributed by atoms with Gasteiger partial charge in [0.15, 0.2) is 5.11 Å². The molecule has 27 heavy (non-hydrogen) atoms. The van der Waals surface area contributed by atoms with E-state index in [-0.39, 0.29) is 0 Å². The zero-order chi connectivity index (χ0) is 18.6. The molecule has 2 aromatic carbocycles. The van der Waals surface area contributed by atoms with Crippen LogP contribution in [0.2, 0.25) is 0 Å². The van der Waals surface area contributed by atoms with Crippen LogP contribution in [-0.2, 0) is 6.54 Å². The van der Waals surface area contributed by atoms with Crippen LogP contribution in [-0.4, -0.2) is 28.1 Å². The van der Waals surface area contributed by atoms with Crippen molar-refractivity contribution in [3.05, 3.63) is 65.7 Å². The SMILES string of the molecule is Cc1ccc(CN2[C@H]3CCC[C@H]2CC(NC(=S)Nc2ccccc2)C3)cc1. The summed E-state index contributed by atoms with van der Waals surface area (Å²) >= 11 is 5.56. The molecule has 142 valence electrons. The highest BCUT2D eigenvalue weighted by atomic mass is 32.1. The van der Waals surface area contributed by atoms with Crippen LogP contribution in [0.1, 0.15) is 43.2 Å². The van der Waals surface area contributed by atoms with E-state index < -0.39 is 0 Å². The number of aryl methyl sites for hydroxylation is 1. The van der Waals surface area contributed by atoms with Gasteiger partial charge in [-0.15, -0.1) is 0 Å². The number of fused-ring (bicyclic) bond motifs is 2. The molecule has 2 aliphatic rings. The van der Waals surface area contributed by atoms with Crippen LogP contribution in [0.25, 0.3) is 0 Å². The van der Waals surface area contributed by atoms with Gasteiger partial charge in [-0.3, -0.25) is 4.90 Å². The minimum absolute atomic E-state index is 0.471. The van der Waals surface area contributed by atoms with Crippen molar-refractivity contribution >= 4 is 23.0 Å². The molecule has 2 bridgehead atoms.